The minimum absolute atomic E-state index is 0.0277. The highest BCUT2D eigenvalue weighted by Gasteiger charge is 2.30. The maximum atomic E-state index is 12.3. The number of phenolic OH excluding ortho intramolecular Hbond substituents is 1. The number of carbonyl (C=O) groups excluding carboxylic acids is 1. The first kappa shape index (κ1) is 16.7. The van der Waals surface area contributed by atoms with E-state index in [9.17, 15) is 9.90 Å². The first-order chi connectivity index (χ1) is 11.0. The molecule has 0 fully saturated rings. The molecule has 0 bridgehead atoms. The molecule has 23 heavy (non-hydrogen) atoms. The topological polar surface area (TPSA) is 106 Å². The van der Waals surface area contributed by atoms with E-state index in [0.717, 1.165) is 0 Å². The summed E-state index contributed by atoms with van der Waals surface area (Å²) in [5.74, 6) is 0.120. The molecule has 0 radical (unpaired) electrons. The van der Waals surface area contributed by atoms with Crippen molar-refractivity contribution in [2.24, 2.45) is 10.7 Å². The first-order valence-electron chi connectivity index (χ1n) is 7.41. The molecule has 7 heteroatoms. The molecule has 1 unspecified atom stereocenters. The normalized spacial score (nSPS) is 17.3. The number of rotatable bonds is 5. The number of aliphatic imine (C=N–C) groups is 1. The van der Waals surface area contributed by atoms with E-state index in [4.69, 9.17) is 15.2 Å². The van der Waals surface area contributed by atoms with Crippen molar-refractivity contribution < 1.29 is 19.4 Å². The second kappa shape index (κ2) is 7.04. The molecule has 1 atom stereocenters. The fourth-order valence-electron chi connectivity index (χ4n) is 2.39. The number of hydrogen-bond acceptors (Lipinski definition) is 7. The maximum Gasteiger partial charge on any atom is 0.338 e. The molecule has 1 aliphatic rings. The lowest BCUT2D eigenvalue weighted by molar-refractivity contribution is -0.138. The second-order valence-electron chi connectivity index (χ2n) is 4.96. The third-order valence-electron chi connectivity index (χ3n) is 3.36. The molecule has 0 saturated carbocycles. The van der Waals surface area contributed by atoms with Gasteiger partial charge in [-0.3, -0.25) is 0 Å². The van der Waals surface area contributed by atoms with E-state index in [1.807, 2.05) is 6.92 Å². The van der Waals surface area contributed by atoms with Crippen molar-refractivity contribution in [2.45, 2.75) is 26.8 Å². The van der Waals surface area contributed by atoms with Gasteiger partial charge in [-0.2, -0.15) is 0 Å². The summed E-state index contributed by atoms with van der Waals surface area (Å²) in [5.41, 5.74) is 7.44. The van der Waals surface area contributed by atoms with Gasteiger partial charge in [0, 0.05) is 5.70 Å². The Morgan fingerprint density at radius 1 is 1.39 bits per heavy atom. The summed E-state index contributed by atoms with van der Waals surface area (Å²) in [6.07, 6.45) is 0. The van der Waals surface area contributed by atoms with Crippen LogP contribution in [0.3, 0.4) is 0 Å². The average Bonchev–Trinajstić information content (AvgIpc) is 2.49. The standard InChI is InChI=1S/C16H21N3O4/c1-4-22-12-8-10(6-7-11(12)20)14-13(15(21)23-5-2)9(3)18-16(17)19-14/h6-8,14,20H,4-5H2,1-3H3,(H3,17,18,19). The minimum Gasteiger partial charge on any atom is -0.504 e. The Labute approximate surface area is 134 Å². The van der Waals surface area contributed by atoms with Crippen LogP contribution in [0.4, 0.5) is 0 Å². The molecule has 1 aliphatic heterocycles. The Hall–Kier alpha value is -2.70. The lowest BCUT2D eigenvalue weighted by Gasteiger charge is -2.24. The van der Waals surface area contributed by atoms with Gasteiger partial charge < -0.3 is 25.6 Å². The summed E-state index contributed by atoms with van der Waals surface area (Å²) in [6, 6.07) is 4.22. The highest BCUT2D eigenvalue weighted by atomic mass is 16.5. The van der Waals surface area contributed by atoms with Gasteiger partial charge in [-0.25, -0.2) is 9.79 Å². The van der Waals surface area contributed by atoms with Gasteiger partial charge in [-0.15, -0.1) is 0 Å². The van der Waals surface area contributed by atoms with Crippen LogP contribution < -0.4 is 15.8 Å². The van der Waals surface area contributed by atoms with Crippen molar-refractivity contribution in [1.82, 2.24) is 5.32 Å². The van der Waals surface area contributed by atoms with Crippen molar-refractivity contribution in [3.8, 4) is 11.5 Å². The van der Waals surface area contributed by atoms with Gasteiger partial charge in [0.1, 0.15) is 6.04 Å². The highest BCUT2D eigenvalue weighted by molar-refractivity contribution is 5.95. The summed E-state index contributed by atoms with van der Waals surface area (Å²) in [7, 11) is 0. The van der Waals surface area contributed by atoms with E-state index in [0.29, 0.717) is 29.2 Å². The Balaban J connectivity index is 2.47. The first-order valence-corrected chi connectivity index (χ1v) is 7.41. The van der Waals surface area contributed by atoms with Crippen molar-refractivity contribution in [2.75, 3.05) is 13.2 Å². The van der Waals surface area contributed by atoms with E-state index in [1.165, 1.54) is 6.07 Å². The molecular weight excluding hydrogens is 298 g/mol. The van der Waals surface area contributed by atoms with Gasteiger partial charge in [-0.05, 0) is 38.5 Å². The number of nitrogens with two attached hydrogens (primary N) is 1. The van der Waals surface area contributed by atoms with Gasteiger partial charge >= 0.3 is 5.97 Å². The number of benzene rings is 1. The Morgan fingerprint density at radius 3 is 2.78 bits per heavy atom. The summed E-state index contributed by atoms with van der Waals surface area (Å²) in [4.78, 5) is 16.6. The summed E-state index contributed by atoms with van der Waals surface area (Å²) >= 11 is 0. The molecule has 1 aromatic rings. The third-order valence-corrected chi connectivity index (χ3v) is 3.36. The number of guanidine groups is 1. The molecule has 1 heterocycles. The van der Waals surface area contributed by atoms with E-state index in [1.54, 1.807) is 26.0 Å². The van der Waals surface area contributed by atoms with Crippen LogP contribution in [0.2, 0.25) is 0 Å². The number of allylic oxidation sites excluding steroid dienone is 1. The molecule has 1 aromatic carbocycles. The Kier molecular flexibility index (Phi) is 5.10. The molecule has 7 nitrogen and oxygen atoms in total. The van der Waals surface area contributed by atoms with Gasteiger partial charge in [0.15, 0.2) is 17.5 Å². The van der Waals surface area contributed by atoms with Crippen LogP contribution in [0.25, 0.3) is 0 Å². The van der Waals surface area contributed by atoms with Gasteiger partial charge in [0.25, 0.3) is 0 Å². The molecule has 0 aliphatic carbocycles. The molecular formula is C16H21N3O4. The molecule has 0 spiro atoms. The Bertz CT molecular complexity index is 667. The minimum atomic E-state index is -0.616. The van der Waals surface area contributed by atoms with Crippen LogP contribution in [0, 0.1) is 0 Å². The molecule has 2 rings (SSSR count). The van der Waals surface area contributed by atoms with Crippen LogP contribution >= 0.6 is 0 Å². The van der Waals surface area contributed by atoms with Crippen molar-refractivity contribution in [3.05, 3.63) is 35.0 Å². The zero-order valence-electron chi connectivity index (χ0n) is 13.4. The fourth-order valence-corrected chi connectivity index (χ4v) is 2.39. The number of aromatic hydroxyl groups is 1. The SMILES string of the molecule is CCOC(=O)C1=C(C)NC(N)=NC1c1ccc(O)c(OCC)c1. The number of phenols is 1. The summed E-state index contributed by atoms with van der Waals surface area (Å²) < 4.78 is 10.5. The molecule has 124 valence electrons. The second-order valence-corrected chi connectivity index (χ2v) is 4.96. The number of esters is 1. The zero-order chi connectivity index (χ0) is 17.0. The number of nitrogens with one attached hydrogen (secondary N) is 1. The number of nitrogens with zero attached hydrogens (tertiary/aromatic N) is 1. The largest absolute Gasteiger partial charge is 0.504 e. The lowest BCUT2D eigenvalue weighted by Crippen LogP contribution is -2.37. The predicted molar refractivity (Wildman–Crippen MR) is 86.1 cm³/mol. The van der Waals surface area contributed by atoms with Crippen LogP contribution in [0.1, 0.15) is 32.4 Å². The van der Waals surface area contributed by atoms with Gasteiger partial charge in [0.05, 0.1) is 18.8 Å². The van der Waals surface area contributed by atoms with E-state index in [2.05, 4.69) is 10.3 Å². The maximum absolute atomic E-state index is 12.3. The Morgan fingerprint density at radius 2 is 2.13 bits per heavy atom. The number of ether oxygens (including phenoxy) is 2. The molecule has 0 saturated heterocycles. The van der Waals surface area contributed by atoms with E-state index in [-0.39, 0.29) is 18.3 Å². The number of hydrogen-bond donors (Lipinski definition) is 3. The lowest BCUT2D eigenvalue weighted by atomic mass is 9.96. The smallest absolute Gasteiger partial charge is 0.338 e. The van der Waals surface area contributed by atoms with Crippen molar-refractivity contribution in [3.63, 3.8) is 0 Å². The molecule has 0 aromatic heterocycles. The average molecular weight is 319 g/mol. The quantitative estimate of drug-likeness (QED) is 0.712. The van der Waals surface area contributed by atoms with E-state index >= 15 is 0 Å². The van der Waals surface area contributed by atoms with Crippen LogP contribution in [0.15, 0.2) is 34.5 Å². The van der Waals surface area contributed by atoms with Crippen LogP contribution in [-0.2, 0) is 9.53 Å². The van der Waals surface area contributed by atoms with Gasteiger partial charge in [0.2, 0.25) is 0 Å². The predicted octanol–water partition coefficient (Wildman–Crippen LogP) is 1.59. The van der Waals surface area contributed by atoms with Crippen LogP contribution in [0.5, 0.6) is 11.5 Å². The summed E-state index contributed by atoms with van der Waals surface area (Å²) in [6.45, 7) is 5.98. The van der Waals surface area contributed by atoms with Gasteiger partial charge in [-0.1, -0.05) is 6.07 Å². The molecule has 0 amide bonds. The van der Waals surface area contributed by atoms with E-state index < -0.39 is 12.0 Å². The van der Waals surface area contributed by atoms with Crippen molar-refractivity contribution >= 4 is 11.9 Å². The monoisotopic (exact) mass is 319 g/mol. The fraction of sp³-hybridized carbons (Fsp3) is 0.375. The molecule has 4 N–H and O–H groups in total. The summed E-state index contributed by atoms with van der Waals surface area (Å²) in [5, 5.41) is 12.7. The number of carbonyl (C=O) groups is 1. The third kappa shape index (κ3) is 3.56. The van der Waals surface area contributed by atoms with Crippen LogP contribution in [-0.4, -0.2) is 30.2 Å². The van der Waals surface area contributed by atoms with Crippen molar-refractivity contribution in [1.29, 1.82) is 0 Å². The zero-order valence-corrected chi connectivity index (χ0v) is 13.4. The highest BCUT2D eigenvalue weighted by Crippen LogP contribution is 2.36.